The Morgan fingerprint density at radius 2 is 1.02 bits per heavy atom. The van der Waals surface area contributed by atoms with Crippen molar-refractivity contribution in [3.05, 3.63) is 0 Å². The number of unbranched alkanes of at least 4 members (excludes halogenated alkanes) is 2. The summed E-state index contributed by atoms with van der Waals surface area (Å²) >= 11 is 0. The van der Waals surface area contributed by atoms with Crippen LogP contribution in [0.25, 0.3) is 0 Å². The molecule has 45 heavy (non-hydrogen) atoms. The van der Waals surface area contributed by atoms with E-state index in [1.54, 1.807) is 4.90 Å². The maximum atomic E-state index is 12.7. The Hall–Kier alpha value is -2.36. The maximum absolute atomic E-state index is 12.7. The van der Waals surface area contributed by atoms with Crippen LogP contribution in [0.15, 0.2) is 0 Å². The molecule has 14 heteroatoms. The first-order valence-corrected chi connectivity index (χ1v) is 16.8. The third-order valence-electron chi connectivity index (χ3n) is 8.57. The van der Waals surface area contributed by atoms with E-state index in [1.165, 1.54) is 12.8 Å². The van der Waals surface area contributed by atoms with Crippen LogP contribution >= 0.6 is 0 Å². The average Bonchev–Trinajstić information content (AvgIpc) is 2.96. The molecule has 1 amide bonds. The zero-order chi connectivity index (χ0) is 33.0. The fourth-order valence-electron chi connectivity index (χ4n) is 5.83. The van der Waals surface area contributed by atoms with E-state index in [9.17, 15) is 34.5 Å². The van der Waals surface area contributed by atoms with Crippen molar-refractivity contribution in [3.63, 3.8) is 0 Å². The molecule has 2 saturated heterocycles. The molecule has 2 fully saturated rings. The van der Waals surface area contributed by atoms with E-state index in [4.69, 9.17) is 0 Å². The lowest BCUT2D eigenvalue weighted by molar-refractivity contribution is -0.140. The standard InChI is InChI=1S/C31H59N7O7/c1-27(2)7-6-10-33-19-21-38(22-20-33)28(39)8-4-3-5-9-32-26-37-17-15-35(24-30(42)43)13-11-34(23-29(40)41)12-14-36(16-18-37)25-31(44)45/h27,32H,3-26H2,1-2H3,(H,40,41)(H,42,43)(H,44,45). The van der Waals surface area contributed by atoms with Gasteiger partial charge in [0.1, 0.15) is 0 Å². The predicted molar refractivity (Wildman–Crippen MR) is 172 cm³/mol. The molecule has 2 aliphatic heterocycles. The van der Waals surface area contributed by atoms with Gasteiger partial charge in [-0.15, -0.1) is 0 Å². The Balaban J connectivity index is 1.74. The van der Waals surface area contributed by atoms with E-state index < -0.39 is 17.9 Å². The summed E-state index contributed by atoms with van der Waals surface area (Å²) in [5.74, 6) is -1.84. The lowest BCUT2D eigenvalue weighted by atomic mass is 10.1. The van der Waals surface area contributed by atoms with Gasteiger partial charge in [0.05, 0.1) is 19.6 Å². The molecule has 0 bridgehead atoms. The Morgan fingerprint density at radius 3 is 1.47 bits per heavy atom. The van der Waals surface area contributed by atoms with E-state index in [0.29, 0.717) is 65.4 Å². The van der Waals surface area contributed by atoms with Crippen LogP contribution in [0.3, 0.4) is 0 Å². The molecular formula is C31H59N7O7. The SMILES string of the molecule is CC(C)CCCN1CCN(C(=O)CCCCCNCN2CCN(CC(=O)O)CCN(CC(=O)O)CCN(CC(=O)O)CC2)CC1. The van der Waals surface area contributed by atoms with Crippen molar-refractivity contribution in [1.82, 2.24) is 34.7 Å². The van der Waals surface area contributed by atoms with Gasteiger partial charge in [-0.25, -0.2) is 0 Å². The summed E-state index contributed by atoms with van der Waals surface area (Å²) in [5.41, 5.74) is 0. The maximum Gasteiger partial charge on any atom is 0.317 e. The molecule has 0 unspecified atom stereocenters. The minimum Gasteiger partial charge on any atom is -0.480 e. The number of carbonyl (C=O) groups excluding carboxylic acids is 1. The van der Waals surface area contributed by atoms with Crippen LogP contribution in [-0.4, -0.2) is 186 Å². The zero-order valence-corrected chi connectivity index (χ0v) is 27.7. The van der Waals surface area contributed by atoms with Gasteiger partial charge in [0.15, 0.2) is 0 Å². The molecule has 2 heterocycles. The molecule has 0 aromatic heterocycles. The van der Waals surface area contributed by atoms with Crippen LogP contribution in [-0.2, 0) is 19.2 Å². The summed E-state index contributed by atoms with van der Waals surface area (Å²) in [4.78, 5) is 59.0. The molecule has 4 N–H and O–H groups in total. The Kier molecular flexibility index (Phi) is 19.2. The number of nitrogens with one attached hydrogen (secondary N) is 1. The number of hydrogen-bond acceptors (Lipinski definition) is 10. The number of piperazine rings is 1. The summed E-state index contributed by atoms with van der Waals surface area (Å²) in [6.45, 7) is 14.0. The average molecular weight is 642 g/mol. The highest BCUT2D eigenvalue weighted by atomic mass is 16.4. The Bertz CT molecular complexity index is 854. The molecule has 0 aromatic carbocycles. The van der Waals surface area contributed by atoms with E-state index in [2.05, 4.69) is 29.0 Å². The number of carboxylic acid groups (broad SMARTS) is 3. The minimum absolute atomic E-state index is 0.125. The quantitative estimate of drug-likeness (QED) is 0.150. The van der Waals surface area contributed by atoms with Gasteiger partial charge in [0.25, 0.3) is 0 Å². The van der Waals surface area contributed by atoms with Crippen LogP contribution in [0.5, 0.6) is 0 Å². The van der Waals surface area contributed by atoms with Gasteiger partial charge < -0.3 is 25.5 Å². The van der Waals surface area contributed by atoms with Gasteiger partial charge in [0, 0.05) is 91.6 Å². The number of amides is 1. The fourth-order valence-corrected chi connectivity index (χ4v) is 5.83. The van der Waals surface area contributed by atoms with Crippen molar-refractivity contribution in [1.29, 1.82) is 0 Å². The van der Waals surface area contributed by atoms with Crippen molar-refractivity contribution in [2.24, 2.45) is 5.92 Å². The molecule has 0 spiro atoms. The Labute approximate surface area is 269 Å². The highest BCUT2D eigenvalue weighted by Gasteiger charge is 2.21. The van der Waals surface area contributed by atoms with E-state index in [1.807, 2.05) is 14.7 Å². The number of hydrogen-bond donors (Lipinski definition) is 4. The molecule has 0 radical (unpaired) electrons. The first kappa shape index (κ1) is 38.8. The first-order chi connectivity index (χ1) is 21.5. The number of carbonyl (C=O) groups is 4. The monoisotopic (exact) mass is 641 g/mol. The van der Waals surface area contributed by atoms with Gasteiger partial charge in [-0.3, -0.25) is 43.7 Å². The second-order valence-corrected chi connectivity index (χ2v) is 12.9. The van der Waals surface area contributed by atoms with Gasteiger partial charge in [-0.05, 0) is 44.7 Å². The molecule has 14 nitrogen and oxygen atoms in total. The summed E-state index contributed by atoms with van der Waals surface area (Å²) in [6.07, 6.45) is 5.83. The molecular weight excluding hydrogens is 582 g/mol. The number of aliphatic carboxylic acids is 3. The minimum atomic E-state index is -0.971. The van der Waals surface area contributed by atoms with Gasteiger partial charge >= 0.3 is 17.9 Å². The topological polar surface area (TPSA) is 160 Å². The zero-order valence-electron chi connectivity index (χ0n) is 27.7. The van der Waals surface area contributed by atoms with Crippen LogP contribution in [0.1, 0.15) is 52.4 Å². The summed E-state index contributed by atoms with van der Waals surface area (Å²) in [5, 5.41) is 31.5. The number of carboxylic acids is 3. The third-order valence-corrected chi connectivity index (χ3v) is 8.57. The van der Waals surface area contributed by atoms with Crippen molar-refractivity contribution in [3.8, 4) is 0 Å². The second-order valence-electron chi connectivity index (χ2n) is 12.9. The largest absolute Gasteiger partial charge is 0.480 e. The Morgan fingerprint density at radius 1 is 0.578 bits per heavy atom. The molecule has 0 aliphatic carbocycles. The first-order valence-electron chi connectivity index (χ1n) is 16.8. The second kappa shape index (κ2) is 22.2. The lowest BCUT2D eigenvalue weighted by Gasteiger charge is -2.35. The van der Waals surface area contributed by atoms with E-state index >= 15 is 0 Å². The van der Waals surface area contributed by atoms with E-state index in [0.717, 1.165) is 64.4 Å². The van der Waals surface area contributed by atoms with Crippen molar-refractivity contribution in [2.45, 2.75) is 52.4 Å². The highest BCUT2D eigenvalue weighted by Crippen LogP contribution is 2.10. The predicted octanol–water partition coefficient (Wildman–Crippen LogP) is 0.150. The van der Waals surface area contributed by atoms with Gasteiger partial charge in [-0.1, -0.05) is 20.3 Å². The normalized spacial score (nSPS) is 19.3. The molecule has 2 aliphatic rings. The lowest BCUT2D eigenvalue weighted by Crippen LogP contribution is -2.49. The van der Waals surface area contributed by atoms with Crippen LogP contribution < -0.4 is 5.32 Å². The summed E-state index contributed by atoms with van der Waals surface area (Å²) in [7, 11) is 0. The third kappa shape index (κ3) is 18.4. The molecule has 0 atom stereocenters. The molecule has 2 rings (SSSR count). The van der Waals surface area contributed by atoms with Crippen molar-refractivity contribution in [2.75, 3.05) is 118 Å². The van der Waals surface area contributed by atoms with Crippen molar-refractivity contribution < 1.29 is 34.5 Å². The molecule has 0 saturated carbocycles. The molecule has 0 aromatic rings. The van der Waals surface area contributed by atoms with Crippen LogP contribution in [0, 0.1) is 5.92 Å². The van der Waals surface area contributed by atoms with Crippen molar-refractivity contribution >= 4 is 23.8 Å². The van der Waals surface area contributed by atoms with Crippen LogP contribution in [0.4, 0.5) is 0 Å². The van der Waals surface area contributed by atoms with E-state index in [-0.39, 0.29) is 25.5 Å². The van der Waals surface area contributed by atoms with Gasteiger partial charge in [-0.2, -0.15) is 0 Å². The smallest absolute Gasteiger partial charge is 0.317 e. The molecule has 260 valence electrons. The van der Waals surface area contributed by atoms with Gasteiger partial charge in [0.2, 0.25) is 5.91 Å². The summed E-state index contributed by atoms with van der Waals surface area (Å²) < 4.78 is 0. The highest BCUT2D eigenvalue weighted by molar-refractivity contribution is 5.76. The number of rotatable bonds is 18. The number of nitrogens with zero attached hydrogens (tertiary/aromatic N) is 6. The fraction of sp³-hybridized carbons (Fsp3) is 0.871. The summed E-state index contributed by atoms with van der Waals surface area (Å²) in [6, 6.07) is 0. The van der Waals surface area contributed by atoms with Crippen LogP contribution in [0.2, 0.25) is 0 Å².